The number of fused-ring (bicyclic) bond motifs is 1. The number of amides is 1. The van der Waals surface area contributed by atoms with Gasteiger partial charge in [-0.1, -0.05) is 23.9 Å². The minimum atomic E-state index is -2.62. The number of carbonyl (C=O) groups is 2. The summed E-state index contributed by atoms with van der Waals surface area (Å²) in [6.07, 6.45) is -3.21. The summed E-state index contributed by atoms with van der Waals surface area (Å²) in [6, 6.07) is 12.2. The molecule has 0 fully saturated rings. The second kappa shape index (κ2) is 9.51. The zero-order valence-corrected chi connectivity index (χ0v) is 20.0. The van der Waals surface area contributed by atoms with Crippen LogP contribution in [0.4, 0.5) is 13.6 Å². The van der Waals surface area contributed by atoms with Gasteiger partial charge in [-0.15, -0.1) is 0 Å². The third kappa shape index (κ3) is 5.94. The molecule has 1 aromatic heterocycles. The van der Waals surface area contributed by atoms with Crippen LogP contribution in [-0.4, -0.2) is 40.4 Å². The SMILES string of the molecule is CC(C)(C)OC(=O)n1nc(I)c2ccc(Sc3ccccc3C(=O)NCC(F)F)cc21. The summed E-state index contributed by atoms with van der Waals surface area (Å²) in [5.41, 5.74) is 0.198. The third-order valence-electron chi connectivity index (χ3n) is 3.95. The first kappa shape index (κ1) is 23.5. The zero-order valence-electron chi connectivity index (χ0n) is 17.0. The number of hydrogen-bond donors (Lipinski definition) is 1. The van der Waals surface area contributed by atoms with Gasteiger partial charge in [-0.2, -0.15) is 9.78 Å². The van der Waals surface area contributed by atoms with E-state index in [0.717, 1.165) is 10.3 Å². The monoisotopic (exact) mass is 559 g/mol. The van der Waals surface area contributed by atoms with Gasteiger partial charge in [0, 0.05) is 15.2 Å². The molecule has 164 valence electrons. The molecule has 0 spiro atoms. The van der Waals surface area contributed by atoms with Crippen LogP contribution >= 0.6 is 34.4 Å². The quantitative estimate of drug-likeness (QED) is 0.414. The summed E-state index contributed by atoms with van der Waals surface area (Å²) in [7, 11) is 0. The number of carbonyl (C=O) groups excluding carboxylic acids is 2. The van der Waals surface area contributed by atoms with Crippen LogP contribution in [0.25, 0.3) is 10.9 Å². The second-order valence-electron chi connectivity index (χ2n) is 7.56. The number of benzene rings is 2. The molecule has 10 heteroatoms. The Morgan fingerprint density at radius 3 is 2.61 bits per heavy atom. The van der Waals surface area contributed by atoms with E-state index in [1.165, 1.54) is 16.4 Å². The van der Waals surface area contributed by atoms with E-state index >= 15 is 0 Å². The summed E-state index contributed by atoms with van der Waals surface area (Å²) in [4.78, 5) is 26.3. The molecule has 1 amide bonds. The lowest BCUT2D eigenvalue weighted by atomic mass is 10.2. The summed E-state index contributed by atoms with van der Waals surface area (Å²) in [6.45, 7) is 4.62. The van der Waals surface area contributed by atoms with Crippen molar-refractivity contribution < 1.29 is 23.1 Å². The van der Waals surface area contributed by atoms with Crippen molar-refractivity contribution in [1.29, 1.82) is 0 Å². The van der Waals surface area contributed by atoms with Gasteiger partial charge in [-0.05, 0) is 73.7 Å². The Kier molecular flexibility index (Phi) is 7.20. The van der Waals surface area contributed by atoms with Gasteiger partial charge in [0.2, 0.25) is 0 Å². The molecule has 0 atom stereocenters. The molecular weight excluding hydrogens is 539 g/mol. The van der Waals surface area contributed by atoms with E-state index in [-0.39, 0.29) is 0 Å². The van der Waals surface area contributed by atoms with Gasteiger partial charge in [-0.3, -0.25) is 4.79 Å². The lowest BCUT2D eigenvalue weighted by molar-refractivity contribution is 0.0522. The van der Waals surface area contributed by atoms with Gasteiger partial charge in [-0.25, -0.2) is 13.6 Å². The Balaban J connectivity index is 1.92. The molecule has 1 heterocycles. The molecule has 0 saturated heterocycles. The van der Waals surface area contributed by atoms with Crippen LogP contribution in [0.1, 0.15) is 31.1 Å². The van der Waals surface area contributed by atoms with Gasteiger partial charge in [0.25, 0.3) is 12.3 Å². The predicted octanol–water partition coefficient (Wildman–Crippen LogP) is 5.57. The molecule has 0 aliphatic heterocycles. The molecule has 1 N–H and O–H groups in total. The highest BCUT2D eigenvalue weighted by atomic mass is 127. The number of aromatic nitrogens is 2. The van der Waals surface area contributed by atoms with Crippen molar-refractivity contribution in [1.82, 2.24) is 15.1 Å². The standard InChI is InChI=1S/C21H20F2IN3O3S/c1-21(2,3)30-20(29)27-15-10-12(8-9-13(15)18(24)26-27)31-16-7-5-4-6-14(16)19(28)25-11-17(22)23/h4-10,17H,11H2,1-3H3,(H,25,28). The van der Waals surface area contributed by atoms with Crippen molar-refractivity contribution in [3.8, 4) is 0 Å². The molecule has 6 nitrogen and oxygen atoms in total. The van der Waals surface area contributed by atoms with Gasteiger partial charge in [0.15, 0.2) is 0 Å². The second-order valence-corrected chi connectivity index (χ2v) is 9.70. The summed E-state index contributed by atoms with van der Waals surface area (Å²) in [5.74, 6) is -0.571. The number of rotatable bonds is 5. The van der Waals surface area contributed by atoms with E-state index in [4.69, 9.17) is 4.74 Å². The van der Waals surface area contributed by atoms with Crippen LogP contribution in [-0.2, 0) is 4.74 Å². The van der Waals surface area contributed by atoms with Crippen molar-refractivity contribution in [2.75, 3.05) is 6.54 Å². The minimum Gasteiger partial charge on any atom is -0.442 e. The highest BCUT2D eigenvalue weighted by molar-refractivity contribution is 14.1. The predicted molar refractivity (Wildman–Crippen MR) is 123 cm³/mol. The van der Waals surface area contributed by atoms with Crippen LogP contribution < -0.4 is 5.32 Å². The number of alkyl halides is 2. The largest absolute Gasteiger partial charge is 0.442 e. The first-order valence-electron chi connectivity index (χ1n) is 9.30. The highest BCUT2D eigenvalue weighted by Crippen LogP contribution is 2.33. The average Bonchev–Trinajstić information content (AvgIpc) is 3.01. The van der Waals surface area contributed by atoms with E-state index in [0.29, 0.717) is 19.7 Å². The van der Waals surface area contributed by atoms with E-state index in [2.05, 4.69) is 33.0 Å². The highest BCUT2D eigenvalue weighted by Gasteiger charge is 2.22. The fourth-order valence-electron chi connectivity index (χ4n) is 2.70. The zero-order chi connectivity index (χ0) is 22.8. The number of ether oxygens (including phenoxy) is 1. The van der Waals surface area contributed by atoms with Crippen molar-refractivity contribution in [3.05, 3.63) is 51.7 Å². The Morgan fingerprint density at radius 1 is 1.23 bits per heavy atom. The lowest BCUT2D eigenvalue weighted by Crippen LogP contribution is -2.28. The van der Waals surface area contributed by atoms with Gasteiger partial charge >= 0.3 is 6.09 Å². The van der Waals surface area contributed by atoms with E-state index in [1.807, 2.05) is 12.1 Å². The Hall–Kier alpha value is -2.21. The third-order valence-corrected chi connectivity index (χ3v) is 5.81. The maximum absolute atomic E-state index is 12.6. The first-order chi connectivity index (χ1) is 14.5. The Morgan fingerprint density at radius 2 is 1.94 bits per heavy atom. The van der Waals surface area contributed by atoms with Crippen molar-refractivity contribution in [3.63, 3.8) is 0 Å². The number of halogens is 3. The smallest absolute Gasteiger partial charge is 0.435 e. The summed E-state index contributed by atoms with van der Waals surface area (Å²) < 4.78 is 32.2. The minimum absolute atomic E-state index is 0.295. The van der Waals surface area contributed by atoms with Crippen LogP contribution in [0.15, 0.2) is 52.3 Å². The molecule has 2 aromatic carbocycles. The van der Waals surface area contributed by atoms with Gasteiger partial charge in [0.05, 0.1) is 17.6 Å². The molecule has 0 saturated carbocycles. The molecule has 0 aliphatic carbocycles. The molecule has 0 radical (unpaired) electrons. The number of nitrogens with one attached hydrogen (secondary N) is 1. The Labute approximate surface area is 195 Å². The molecule has 3 rings (SSSR count). The fraction of sp³-hybridized carbons (Fsp3) is 0.286. The average molecular weight is 559 g/mol. The van der Waals surface area contributed by atoms with E-state index in [9.17, 15) is 18.4 Å². The van der Waals surface area contributed by atoms with Gasteiger partial charge < -0.3 is 10.1 Å². The van der Waals surface area contributed by atoms with Crippen molar-refractivity contribution in [2.24, 2.45) is 0 Å². The molecule has 0 aliphatic rings. The lowest BCUT2D eigenvalue weighted by Gasteiger charge is -2.19. The fourth-order valence-corrected chi connectivity index (χ4v) is 4.35. The van der Waals surface area contributed by atoms with Crippen LogP contribution in [0, 0.1) is 3.70 Å². The molecule has 31 heavy (non-hydrogen) atoms. The topological polar surface area (TPSA) is 73.2 Å². The van der Waals surface area contributed by atoms with Crippen LogP contribution in [0.2, 0.25) is 0 Å². The van der Waals surface area contributed by atoms with Crippen LogP contribution in [0.5, 0.6) is 0 Å². The van der Waals surface area contributed by atoms with E-state index in [1.54, 1.807) is 51.1 Å². The normalized spacial score (nSPS) is 11.7. The maximum Gasteiger partial charge on any atom is 0.435 e. The Bertz CT molecular complexity index is 1130. The maximum atomic E-state index is 12.6. The van der Waals surface area contributed by atoms with Crippen molar-refractivity contribution in [2.45, 2.75) is 42.6 Å². The van der Waals surface area contributed by atoms with E-state index < -0.39 is 30.6 Å². The molecule has 0 bridgehead atoms. The van der Waals surface area contributed by atoms with Crippen LogP contribution in [0.3, 0.4) is 0 Å². The summed E-state index contributed by atoms with van der Waals surface area (Å²) in [5, 5.41) is 7.31. The van der Waals surface area contributed by atoms with Gasteiger partial charge in [0.1, 0.15) is 9.30 Å². The van der Waals surface area contributed by atoms with Crippen molar-refractivity contribution >= 4 is 57.3 Å². The molecule has 3 aromatic rings. The summed E-state index contributed by atoms with van der Waals surface area (Å²) >= 11 is 3.34. The number of hydrogen-bond acceptors (Lipinski definition) is 5. The first-order valence-corrected chi connectivity index (χ1v) is 11.2. The molecule has 0 unspecified atom stereocenters. The molecular formula is C21H20F2IN3O3S. The number of nitrogens with zero attached hydrogens (tertiary/aromatic N) is 2.